The number of rotatable bonds is 1. The van der Waals surface area contributed by atoms with E-state index < -0.39 is 0 Å². The fraction of sp³-hybridized carbons (Fsp3) is 1.00. The molecule has 0 aromatic heterocycles. The van der Waals surface area contributed by atoms with Gasteiger partial charge in [-0.1, -0.05) is 6.92 Å². The van der Waals surface area contributed by atoms with Crippen molar-refractivity contribution in [2.24, 2.45) is 5.92 Å². The van der Waals surface area contributed by atoms with Gasteiger partial charge >= 0.3 is 0 Å². The molecule has 2 aliphatic rings. The van der Waals surface area contributed by atoms with E-state index >= 15 is 0 Å². The molecule has 1 N–H and O–H groups in total. The Balaban J connectivity index is 0.000000605. The zero-order valence-electron chi connectivity index (χ0n) is 7.05. The highest BCUT2D eigenvalue weighted by molar-refractivity contribution is 5.85. The summed E-state index contributed by atoms with van der Waals surface area (Å²) < 4.78 is 0. The maximum atomic E-state index is 3.45. The number of hydrogen-bond acceptors (Lipinski definition) is 2. The van der Waals surface area contributed by atoms with Gasteiger partial charge in [-0.25, -0.2) is 0 Å². The maximum absolute atomic E-state index is 3.45. The molecule has 0 amide bonds. The number of halogens is 1. The Kier molecular flexibility index (Phi) is 3.16. The van der Waals surface area contributed by atoms with E-state index in [1.165, 1.54) is 32.6 Å². The molecule has 0 bridgehead atoms. The van der Waals surface area contributed by atoms with Gasteiger partial charge in [0.15, 0.2) is 0 Å². The average Bonchev–Trinajstić information content (AvgIpc) is 2.44. The summed E-state index contributed by atoms with van der Waals surface area (Å²) in [6.45, 7) is 7.34. The van der Waals surface area contributed by atoms with Crippen molar-refractivity contribution in [3.8, 4) is 0 Å². The number of nitrogens with zero attached hydrogens (tertiary/aromatic N) is 1. The molecule has 2 fully saturated rings. The summed E-state index contributed by atoms with van der Waals surface area (Å²) in [5.74, 6) is 0.972. The van der Waals surface area contributed by atoms with Crippen LogP contribution < -0.4 is 5.32 Å². The summed E-state index contributed by atoms with van der Waals surface area (Å²) in [5.41, 5.74) is 0. The third-order valence-corrected chi connectivity index (χ3v) is 2.97. The van der Waals surface area contributed by atoms with Gasteiger partial charge in [-0.05, 0) is 32.0 Å². The molecular formula is C8H17ClN2. The first-order chi connectivity index (χ1) is 4.92. The van der Waals surface area contributed by atoms with Gasteiger partial charge in [0.05, 0.1) is 0 Å². The van der Waals surface area contributed by atoms with E-state index in [0.717, 1.165) is 12.0 Å². The first kappa shape index (κ1) is 9.30. The van der Waals surface area contributed by atoms with Crippen molar-refractivity contribution in [3.05, 3.63) is 0 Å². The average molecular weight is 177 g/mol. The summed E-state index contributed by atoms with van der Waals surface area (Å²) in [6, 6.07) is 0.880. The molecular weight excluding hydrogens is 160 g/mol. The Bertz CT molecular complexity index is 129. The minimum Gasteiger partial charge on any atom is -0.315 e. The predicted octanol–water partition coefficient (Wildman–Crippen LogP) is 0.722. The molecule has 2 aliphatic heterocycles. The van der Waals surface area contributed by atoms with Crippen molar-refractivity contribution in [2.45, 2.75) is 19.4 Å². The third kappa shape index (κ3) is 1.53. The molecule has 2 rings (SSSR count). The summed E-state index contributed by atoms with van der Waals surface area (Å²) >= 11 is 0. The molecule has 0 radical (unpaired) electrons. The first-order valence-corrected chi connectivity index (χ1v) is 4.36. The van der Waals surface area contributed by atoms with Crippen LogP contribution in [0.5, 0.6) is 0 Å². The highest BCUT2D eigenvalue weighted by Crippen LogP contribution is 2.26. The lowest BCUT2D eigenvalue weighted by atomic mass is 10.1. The van der Waals surface area contributed by atoms with Crippen LogP contribution in [0.1, 0.15) is 13.3 Å². The fourth-order valence-electron chi connectivity index (χ4n) is 2.33. The molecule has 0 aromatic rings. The van der Waals surface area contributed by atoms with Gasteiger partial charge in [-0.3, -0.25) is 4.90 Å². The summed E-state index contributed by atoms with van der Waals surface area (Å²) in [6.07, 6.45) is 1.42. The van der Waals surface area contributed by atoms with Crippen molar-refractivity contribution in [2.75, 3.05) is 26.2 Å². The van der Waals surface area contributed by atoms with Gasteiger partial charge in [0.2, 0.25) is 0 Å². The zero-order chi connectivity index (χ0) is 6.97. The van der Waals surface area contributed by atoms with Gasteiger partial charge in [0, 0.05) is 12.6 Å². The highest BCUT2D eigenvalue weighted by atomic mass is 35.5. The monoisotopic (exact) mass is 176 g/mol. The van der Waals surface area contributed by atoms with E-state index in [-0.39, 0.29) is 12.4 Å². The van der Waals surface area contributed by atoms with E-state index in [9.17, 15) is 0 Å². The van der Waals surface area contributed by atoms with Crippen LogP contribution in [-0.2, 0) is 0 Å². The zero-order valence-corrected chi connectivity index (χ0v) is 7.86. The van der Waals surface area contributed by atoms with Crippen LogP contribution in [0.3, 0.4) is 0 Å². The molecule has 0 aromatic carbocycles. The first-order valence-electron chi connectivity index (χ1n) is 4.36. The molecule has 11 heavy (non-hydrogen) atoms. The smallest absolute Gasteiger partial charge is 0.0261 e. The summed E-state index contributed by atoms with van der Waals surface area (Å²) in [7, 11) is 0. The molecule has 2 heterocycles. The molecule has 66 valence electrons. The SMILES string of the molecule is CCN1CC[C@H]2CNC[C@H]21.Cl. The van der Waals surface area contributed by atoms with E-state index in [4.69, 9.17) is 0 Å². The van der Waals surface area contributed by atoms with E-state index in [2.05, 4.69) is 17.1 Å². The number of fused-ring (bicyclic) bond motifs is 1. The van der Waals surface area contributed by atoms with Crippen molar-refractivity contribution in [3.63, 3.8) is 0 Å². The Hall–Kier alpha value is 0.210. The standard InChI is InChI=1S/C8H16N2.ClH/c1-2-10-4-3-7-5-9-6-8(7)10;/h7-9H,2-6H2,1H3;1H/t7-,8+;/m0./s1. The van der Waals surface area contributed by atoms with Crippen molar-refractivity contribution >= 4 is 12.4 Å². The second kappa shape index (κ2) is 3.74. The predicted molar refractivity (Wildman–Crippen MR) is 49.3 cm³/mol. The van der Waals surface area contributed by atoms with Gasteiger partial charge in [0.25, 0.3) is 0 Å². The second-order valence-corrected chi connectivity index (χ2v) is 3.40. The van der Waals surface area contributed by atoms with Gasteiger partial charge < -0.3 is 5.32 Å². The fourth-order valence-corrected chi connectivity index (χ4v) is 2.33. The van der Waals surface area contributed by atoms with Crippen molar-refractivity contribution in [1.29, 1.82) is 0 Å². The molecule has 2 saturated heterocycles. The van der Waals surface area contributed by atoms with Gasteiger partial charge in [-0.15, -0.1) is 12.4 Å². The Labute approximate surface area is 74.7 Å². The van der Waals surface area contributed by atoms with E-state index in [1.807, 2.05) is 0 Å². The molecule has 2 atom stereocenters. The van der Waals surface area contributed by atoms with Crippen LogP contribution in [0.4, 0.5) is 0 Å². The van der Waals surface area contributed by atoms with Crippen LogP contribution in [0.25, 0.3) is 0 Å². The number of likely N-dealkylation sites (N-methyl/N-ethyl adjacent to an activating group) is 1. The summed E-state index contributed by atoms with van der Waals surface area (Å²) in [5, 5.41) is 3.45. The third-order valence-electron chi connectivity index (χ3n) is 2.97. The largest absolute Gasteiger partial charge is 0.315 e. The lowest BCUT2D eigenvalue weighted by Crippen LogP contribution is -2.33. The number of hydrogen-bond donors (Lipinski definition) is 1. The molecule has 2 nitrogen and oxygen atoms in total. The minimum absolute atomic E-state index is 0. The Morgan fingerprint density at radius 1 is 1.45 bits per heavy atom. The van der Waals surface area contributed by atoms with Crippen molar-refractivity contribution < 1.29 is 0 Å². The topological polar surface area (TPSA) is 15.3 Å². The highest BCUT2D eigenvalue weighted by Gasteiger charge is 2.36. The molecule has 0 unspecified atom stereocenters. The molecule has 3 heteroatoms. The molecule has 0 aliphatic carbocycles. The molecule has 0 spiro atoms. The van der Waals surface area contributed by atoms with Crippen LogP contribution in [0.2, 0.25) is 0 Å². The molecule has 0 saturated carbocycles. The summed E-state index contributed by atoms with van der Waals surface area (Å²) in [4.78, 5) is 2.60. The van der Waals surface area contributed by atoms with E-state index in [1.54, 1.807) is 0 Å². The Morgan fingerprint density at radius 3 is 3.00 bits per heavy atom. The van der Waals surface area contributed by atoms with E-state index in [0.29, 0.717) is 0 Å². The number of nitrogens with one attached hydrogen (secondary N) is 1. The van der Waals surface area contributed by atoms with Gasteiger partial charge in [0.1, 0.15) is 0 Å². The lowest BCUT2D eigenvalue weighted by molar-refractivity contribution is 0.266. The van der Waals surface area contributed by atoms with Crippen LogP contribution in [-0.4, -0.2) is 37.1 Å². The van der Waals surface area contributed by atoms with Crippen LogP contribution in [0, 0.1) is 5.92 Å². The number of likely N-dealkylation sites (tertiary alicyclic amines) is 1. The Morgan fingerprint density at radius 2 is 2.27 bits per heavy atom. The normalized spacial score (nSPS) is 36.8. The minimum atomic E-state index is 0. The van der Waals surface area contributed by atoms with Gasteiger partial charge in [-0.2, -0.15) is 0 Å². The second-order valence-electron chi connectivity index (χ2n) is 3.40. The van der Waals surface area contributed by atoms with Crippen LogP contribution >= 0.6 is 12.4 Å². The lowest BCUT2D eigenvalue weighted by Gasteiger charge is -2.20. The van der Waals surface area contributed by atoms with Crippen LogP contribution in [0.15, 0.2) is 0 Å². The maximum Gasteiger partial charge on any atom is 0.0261 e. The quantitative estimate of drug-likeness (QED) is 0.634. The van der Waals surface area contributed by atoms with Crippen molar-refractivity contribution in [1.82, 2.24) is 10.2 Å².